The van der Waals surface area contributed by atoms with Gasteiger partial charge in [-0.3, -0.25) is 9.59 Å². The van der Waals surface area contributed by atoms with Gasteiger partial charge in [0.15, 0.2) is 5.82 Å². The molecule has 2 N–H and O–H groups in total. The molecule has 0 unspecified atom stereocenters. The average Bonchev–Trinajstić information content (AvgIpc) is 3.03. The van der Waals surface area contributed by atoms with Crippen molar-refractivity contribution >= 4 is 27.7 Å². The number of rotatable bonds is 6. The fourth-order valence-corrected chi connectivity index (χ4v) is 3.09. The van der Waals surface area contributed by atoms with Crippen molar-refractivity contribution in [3.8, 4) is 5.82 Å². The number of halogens is 1. The zero-order valence-corrected chi connectivity index (χ0v) is 17.2. The van der Waals surface area contributed by atoms with Crippen LogP contribution in [0.4, 0.5) is 0 Å². The van der Waals surface area contributed by atoms with E-state index in [1.165, 1.54) is 6.20 Å². The van der Waals surface area contributed by atoms with E-state index in [2.05, 4.69) is 36.6 Å². The predicted molar refractivity (Wildman–Crippen MR) is 110 cm³/mol. The first-order valence-corrected chi connectivity index (χ1v) is 9.55. The Morgan fingerprint density at radius 3 is 2.29 bits per heavy atom. The van der Waals surface area contributed by atoms with Gasteiger partial charge in [0.05, 0.1) is 11.3 Å². The molecule has 0 atom stereocenters. The number of pyridine rings is 1. The van der Waals surface area contributed by atoms with Crippen molar-refractivity contribution in [1.29, 1.82) is 0 Å². The third-order valence-electron chi connectivity index (χ3n) is 4.02. The standard InChI is InChI=1S/C20H20BrN5O2/c1-13-10-14(2)26(25-13)18-7-6-16(12-24-18)20(28)23-9-8-22-19(27)15-4-3-5-17(21)11-15/h3-7,10-12H,8-9H2,1-2H3,(H,22,27)(H,23,28). The van der Waals surface area contributed by atoms with Crippen LogP contribution in [0.5, 0.6) is 0 Å². The number of carbonyl (C=O) groups is 2. The van der Waals surface area contributed by atoms with Gasteiger partial charge in [-0.05, 0) is 50.2 Å². The molecule has 1 aromatic carbocycles. The summed E-state index contributed by atoms with van der Waals surface area (Å²) in [6.07, 6.45) is 1.52. The lowest BCUT2D eigenvalue weighted by Gasteiger charge is -2.08. The Kier molecular flexibility index (Phi) is 6.20. The van der Waals surface area contributed by atoms with Gasteiger partial charge in [0.2, 0.25) is 0 Å². The molecular weight excluding hydrogens is 422 g/mol. The van der Waals surface area contributed by atoms with Crippen molar-refractivity contribution < 1.29 is 9.59 Å². The molecule has 0 saturated heterocycles. The van der Waals surface area contributed by atoms with Crippen LogP contribution in [0, 0.1) is 13.8 Å². The van der Waals surface area contributed by atoms with Gasteiger partial charge in [-0.25, -0.2) is 9.67 Å². The number of aryl methyl sites for hydroxylation is 2. The maximum Gasteiger partial charge on any atom is 0.252 e. The van der Waals surface area contributed by atoms with Crippen LogP contribution in [0.3, 0.4) is 0 Å². The lowest BCUT2D eigenvalue weighted by molar-refractivity contribution is 0.0927. The molecule has 8 heteroatoms. The molecule has 0 aliphatic heterocycles. The molecule has 0 spiro atoms. The number of benzene rings is 1. The highest BCUT2D eigenvalue weighted by molar-refractivity contribution is 9.10. The van der Waals surface area contributed by atoms with Crippen molar-refractivity contribution in [2.75, 3.05) is 13.1 Å². The van der Waals surface area contributed by atoms with Crippen LogP contribution in [0.1, 0.15) is 32.1 Å². The smallest absolute Gasteiger partial charge is 0.252 e. The van der Waals surface area contributed by atoms with Gasteiger partial charge >= 0.3 is 0 Å². The molecule has 0 saturated carbocycles. The Morgan fingerprint density at radius 2 is 1.71 bits per heavy atom. The Bertz CT molecular complexity index is 998. The minimum atomic E-state index is -0.246. The minimum absolute atomic E-state index is 0.188. The van der Waals surface area contributed by atoms with E-state index in [0.29, 0.717) is 30.0 Å². The molecule has 0 fully saturated rings. The molecule has 2 amide bonds. The molecule has 0 bridgehead atoms. The van der Waals surface area contributed by atoms with Crippen molar-refractivity contribution in [2.45, 2.75) is 13.8 Å². The molecule has 0 radical (unpaired) electrons. The number of carbonyl (C=O) groups excluding carboxylic acids is 2. The van der Waals surface area contributed by atoms with E-state index >= 15 is 0 Å². The van der Waals surface area contributed by atoms with E-state index in [-0.39, 0.29) is 11.8 Å². The van der Waals surface area contributed by atoms with Crippen molar-refractivity contribution in [2.24, 2.45) is 0 Å². The SMILES string of the molecule is Cc1cc(C)n(-c2ccc(C(=O)NCCNC(=O)c3cccc(Br)c3)cn2)n1. The largest absolute Gasteiger partial charge is 0.350 e. The fourth-order valence-electron chi connectivity index (χ4n) is 2.69. The monoisotopic (exact) mass is 441 g/mol. The number of hydrogen-bond donors (Lipinski definition) is 2. The van der Waals surface area contributed by atoms with Gasteiger partial charge in [0.1, 0.15) is 0 Å². The predicted octanol–water partition coefficient (Wildman–Crippen LogP) is 2.81. The quantitative estimate of drug-likeness (QED) is 0.575. The number of amides is 2. The van der Waals surface area contributed by atoms with E-state index in [9.17, 15) is 9.59 Å². The van der Waals surface area contributed by atoms with Crippen LogP contribution < -0.4 is 10.6 Å². The zero-order chi connectivity index (χ0) is 20.1. The first-order chi connectivity index (χ1) is 13.4. The highest BCUT2D eigenvalue weighted by Crippen LogP contribution is 2.12. The van der Waals surface area contributed by atoms with Crippen LogP contribution in [0.25, 0.3) is 5.82 Å². The van der Waals surface area contributed by atoms with E-state index in [1.54, 1.807) is 35.0 Å². The molecular formula is C20H20BrN5O2. The summed E-state index contributed by atoms with van der Waals surface area (Å²) in [7, 11) is 0. The summed E-state index contributed by atoms with van der Waals surface area (Å²) in [4.78, 5) is 28.6. The van der Waals surface area contributed by atoms with Crippen molar-refractivity contribution in [3.05, 3.63) is 75.6 Å². The number of aromatic nitrogens is 3. The second-order valence-electron chi connectivity index (χ2n) is 6.27. The first-order valence-electron chi connectivity index (χ1n) is 8.76. The van der Waals surface area contributed by atoms with Crippen molar-refractivity contribution in [1.82, 2.24) is 25.4 Å². The summed E-state index contributed by atoms with van der Waals surface area (Å²) in [6, 6.07) is 12.5. The second-order valence-corrected chi connectivity index (χ2v) is 7.18. The minimum Gasteiger partial charge on any atom is -0.350 e. The Balaban J connectivity index is 1.50. The summed E-state index contributed by atoms with van der Waals surface area (Å²) >= 11 is 3.33. The molecule has 7 nitrogen and oxygen atoms in total. The highest BCUT2D eigenvalue weighted by atomic mass is 79.9. The number of hydrogen-bond acceptors (Lipinski definition) is 4. The van der Waals surface area contributed by atoms with E-state index in [1.807, 2.05) is 26.0 Å². The Hall–Kier alpha value is -3.00. The Labute approximate surface area is 171 Å². The fraction of sp³-hybridized carbons (Fsp3) is 0.200. The Morgan fingerprint density at radius 1 is 1.00 bits per heavy atom. The summed E-state index contributed by atoms with van der Waals surface area (Å²) < 4.78 is 2.57. The highest BCUT2D eigenvalue weighted by Gasteiger charge is 2.09. The average molecular weight is 442 g/mol. The first kappa shape index (κ1) is 19.8. The van der Waals surface area contributed by atoms with E-state index in [4.69, 9.17) is 0 Å². The summed E-state index contributed by atoms with van der Waals surface area (Å²) in [6.45, 7) is 4.51. The maximum atomic E-state index is 12.2. The normalized spacial score (nSPS) is 10.5. The van der Waals surface area contributed by atoms with Gasteiger partial charge in [-0.15, -0.1) is 0 Å². The lowest BCUT2D eigenvalue weighted by Crippen LogP contribution is -2.34. The van der Waals surface area contributed by atoms with Crippen LogP contribution in [0.2, 0.25) is 0 Å². The van der Waals surface area contributed by atoms with Gasteiger partial charge in [0, 0.05) is 35.0 Å². The molecule has 3 aromatic rings. The number of nitrogens with zero attached hydrogens (tertiary/aromatic N) is 3. The summed E-state index contributed by atoms with van der Waals surface area (Å²) in [5.74, 6) is 0.221. The maximum absolute atomic E-state index is 12.2. The molecule has 3 rings (SSSR count). The molecule has 2 heterocycles. The lowest BCUT2D eigenvalue weighted by atomic mass is 10.2. The molecule has 2 aromatic heterocycles. The van der Waals surface area contributed by atoms with Gasteiger partial charge in [-0.2, -0.15) is 5.10 Å². The summed E-state index contributed by atoms with van der Waals surface area (Å²) in [5, 5.41) is 9.91. The second kappa shape index (κ2) is 8.79. The molecule has 144 valence electrons. The van der Waals surface area contributed by atoms with E-state index < -0.39 is 0 Å². The van der Waals surface area contributed by atoms with Crippen LogP contribution in [-0.2, 0) is 0 Å². The zero-order valence-electron chi connectivity index (χ0n) is 15.6. The van der Waals surface area contributed by atoms with Crippen LogP contribution in [0.15, 0.2) is 53.1 Å². The van der Waals surface area contributed by atoms with Gasteiger partial charge < -0.3 is 10.6 Å². The third-order valence-corrected chi connectivity index (χ3v) is 4.51. The molecule has 0 aliphatic carbocycles. The molecule has 0 aliphatic rings. The van der Waals surface area contributed by atoms with Crippen LogP contribution >= 0.6 is 15.9 Å². The van der Waals surface area contributed by atoms with Gasteiger partial charge in [-0.1, -0.05) is 22.0 Å². The summed E-state index contributed by atoms with van der Waals surface area (Å²) in [5.41, 5.74) is 2.89. The number of nitrogens with one attached hydrogen (secondary N) is 2. The van der Waals surface area contributed by atoms with Crippen molar-refractivity contribution in [3.63, 3.8) is 0 Å². The van der Waals surface area contributed by atoms with Crippen LogP contribution in [-0.4, -0.2) is 39.7 Å². The van der Waals surface area contributed by atoms with E-state index in [0.717, 1.165) is 15.9 Å². The topological polar surface area (TPSA) is 88.9 Å². The molecule has 28 heavy (non-hydrogen) atoms. The van der Waals surface area contributed by atoms with Gasteiger partial charge in [0.25, 0.3) is 11.8 Å². The third kappa shape index (κ3) is 4.83.